The van der Waals surface area contributed by atoms with Gasteiger partial charge in [0.15, 0.2) is 0 Å². The van der Waals surface area contributed by atoms with Gasteiger partial charge in [0, 0.05) is 18.0 Å². The summed E-state index contributed by atoms with van der Waals surface area (Å²) >= 11 is 0. The number of imidazole rings is 1. The summed E-state index contributed by atoms with van der Waals surface area (Å²) in [6, 6.07) is 17.8. The van der Waals surface area contributed by atoms with Crippen molar-refractivity contribution in [1.29, 1.82) is 0 Å². The summed E-state index contributed by atoms with van der Waals surface area (Å²) in [5.41, 5.74) is 3.28. The van der Waals surface area contributed by atoms with Gasteiger partial charge in [0.05, 0.1) is 17.6 Å². The number of nitrogens with one attached hydrogen (secondary N) is 2. The molecule has 0 aliphatic carbocycles. The molecule has 0 amide bonds. The maximum atomic E-state index is 12.6. The Hall–Kier alpha value is -3.69. The average molecular weight is 454 g/mol. The first-order chi connectivity index (χ1) is 15.9. The molecule has 0 aliphatic rings. The van der Waals surface area contributed by atoms with E-state index >= 15 is 0 Å². The molecule has 0 aliphatic heterocycles. The molecule has 170 valence electrons. The molecule has 0 fully saturated rings. The molecular weight excluding hydrogens is 433 g/mol. The van der Waals surface area contributed by atoms with Crippen LogP contribution in [0.4, 0.5) is 13.2 Å². The summed E-state index contributed by atoms with van der Waals surface area (Å²) in [6.07, 6.45) is -1.24. The van der Waals surface area contributed by atoms with E-state index in [1.807, 2.05) is 24.3 Å². The Morgan fingerprint density at radius 1 is 1.06 bits per heavy atom. The van der Waals surface area contributed by atoms with Crippen LogP contribution in [-0.2, 0) is 6.61 Å². The molecule has 0 saturated carbocycles. The fourth-order valence-corrected chi connectivity index (χ4v) is 3.25. The van der Waals surface area contributed by atoms with Crippen molar-refractivity contribution in [2.24, 2.45) is 0 Å². The van der Waals surface area contributed by atoms with Gasteiger partial charge in [0.1, 0.15) is 24.4 Å². The van der Waals surface area contributed by atoms with Gasteiger partial charge >= 0.3 is 6.18 Å². The number of rotatable bonds is 8. The zero-order valence-electron chi connectivity index (χ0n) is 17.4. The van der Waals surface area contributed by atoms with Gasteiger partial charge in [-0.25, -0.2) is 4.98 Å². The third-order valence-corrected chi connectivity index (χ3v) is 4.82. The summed E-state index contributed by atoms with van der Waals surface area (Å²) in [7, 11) is 0. The van der Waals surface area contributed by atoms with E-state index < -0.39 is 18.9 Å². The lowest BCUT2D eigenvalue weighted by atomic mass is 10.0. The Morgan fingerprint density at radius 2 is 1.79 bits per heavy atom. The molecule has 1 unspecified atom stereocenters. The van der Waals surface area contributed by atoms with E-state index in [4.69, 9.17) is 4.74 Å². The van der Waals surface area contributed by atoms with Crippen molar-refractivity contribution < 1.29 is 23.0 Å². The number of aromatic amines is 1. The van der Waals surface area contributed by atoms with Crippen LogP contribution in [0.25, 0.3) is 22.7 Å². The number of H-pyrrole nitrogens is 1. The summed E-state index contributed by atoms with van der Waals surface area (Å²) in [4.78, 5) is 11.6. The molecule has 4 rings (SSSR count). The fourth-order valence-electron chi connectivity index (χ4n) is 3.25. The zero-order valence-corrected chi connectivity index (χ0v) is 17.4. The summed E-state index contributed by atoms with van der Waals surface area (Å²) in [6.45, 7) is -1.09. The first-order valence-corrected chi connectivity index (χ1v) is 10.1. The number of hydrogen-bond donors (Lipinski definition) is 3. The molecule has 2 heterocycles. The van der Waals surface area contributed by atoms with Gasteiger partial charge in [-0.1, -0.05) is 24.3 Å². The number of benzene rings is 2. The van der Waals surface area contributed by atoms with E-state index in [9.17, 15) is 18.3 Å². The molecule has 1 atom stereocenters. The van der Waals surface area contributed by atoms with E-state index in [0.717, 1.165) is 11.0 Å². The molecule has 0 bridgehead atoms. The molecule has 4 aromatic rings. The Labute approximate surface area is 187 Å². The molecule has 33 heavy (non-hydrogen) atoms. The molecule has 0 radical (unpaired) electrons. The minimum Gasteiger partial charge on any atom is -0.486 e. The van der Waals surface area contributed by atoms with Gasteiger partial charge in [-0.2, -0.15) is 13.2 Å². The van der Waals surface area contributed by atoms with Gasteiger partial charge in [-0.05, 0) is 53.6 Å². The predicted octanol–water partition coefficient (Wildman–Crippen LogP) is 4.55. The number of halogens is 3. The second kappa shape index (κ2) is 9.85. The Morgan fingerprint density at radius 3 is 2.48 bits per heavy atom. The van der Waals surface area contributed by atoms with Crippen LogP contribution in [0.1, 0.15) is 17.0 Å². The third kappa shape index (κ3) is 6.18. The lowest BCUT2D eigenvalue weighted by molar-refractivity contribution is -0.129. The lowest BCUT2D eigenvalue weighted by Gasteiger charge is -2.19. The van der Waals surface area contributed by atoms with Crippen LogP contribution >= 0.6 is 0 Å². The van der Waals surface area contributed by atoms with E-state index in [0.29, 0.717) is 22.7 Å². The van der Waals surface area contributed by atoms with E-state index in [-0.39, 0.29) is 12.2 Å². The normalized spacial score (nSPS) is 13.3. The standard InChI is InChI=1S/C24H21F3N4O2/c25-24(26,27)15-29-23(32)19(13-16-9-11-28-12-10-16)17-5-7-18(8-6-17)33-14-22-30-20-3-1-2-4-21(20)31-22/h1-13,23,29,32H,14-15H2,(H,30,31)/b19-13+. The predicted molar refractivity (Wildman–Crippen MR) is 119 cm³/mol. The smallest absolute Gasteiger partial charge is 0.401 e. The molecule has 0 spiro atoms. The van der Waals surface area contributed by atoms with Crippen molar-refractivity contribution in [1.82, 2.24) is 20.3 Å². The van der Waals surface area contributed by atoms with Crippen LogP contribution in [-0.4, -0.2) is 39.0 Å². The molecule has 6 nitrogen and oxygen atoms in total. The number of ether oxygens (including phenoxy) is 1. The number of fused-ring (bicyclic) bond motifs is 1. The molecule has 9 heteroatoms. The van der Waals surface area contributed by atoms with Gasteiger partial charge < -0.3 is 14.8 Å². The molecule has 2 aromatic carbocycles. The Bertz CT molecular complexity index is 1190. The Kier molecular flexibility index (Phi) is 6.71. The van der Waals surface area contributed by atoms with Crippen LogP contribution in [0.2, 0.25) is 0 Å². The molecule has 2 aromatic heterocycles. The van der Waals surface area contributed by atoms with Gasteiger partial charge in [-0.15, -0.1) is 0 Å². The van der Waals surface area contributed by atoms with Crippen molar-refractivity contribution in [3.63, 3.8) is 0 Å². The van der Waals surface area contributed by atoms with Gasteiger partial charge in [-0.3, -0.25) is 10.3 Å². The monoisotopic (exact) mass is 454 g/mol. The minimum atomic E-state index is -4.45. The number of para-hydroxylation sites is 2. The number of hydrogen-bond acceptors (Lipinski definition) is 5. The number of aliphatic hydroxyl groups excluding tert-OH is 1. The molecular formula is C24H21F3N4O2. The number of alkyl halides is 3. The first-order valence-electron chi connectivity index (χ1n) is 10.1. The number of pyridine rings is 1. The highest BCUT2D eigenvalue weighted by molar-refractivity contribution is 5.83. The molecule has 0 saturated heterocycles. The SMILES string of the molecule is OC(NCC(F)(F)F)/C(=C/c1ccncc1)c1ccc(OCc2nc3ccccc3[nH]2)cc1. The van der Waals surface area contributed by atoms with Gasteiger partial charge in [0.2, 0.25) is 0 Å². The van der Waals surface area contributed by atoms with Crippen LogP contribution in [0.5, 0.6) is 5.75 Å². The number of aliphatic hydroxyl groups is 1. The third-order valence-electron chi connectivity index (χ3n) is 4.82. The summed E-state index contributed by atoms with van der Waals surface area (Å²) in [5.74, 6) is 1.23. The van der Waals surface area contributed by atoms with Crippen LogP contribution in [0, 0.1) is 0 Å². The van der Waals surface area contributed by atoms with E-state index in [1.165, 1.54) is 0 Å². The van der Waals surface area contributed by atoms with Crippen molar-refractivity contribution >= 4 is 22.7 Å². The van der Waals surface area contributed by atoms with Crippen molar-refractivity contribution in [3.05, 3.63) is 90.0 Å². The highest BCUT2D eigenvalue weighted by atomic mass is 19.4. The second-order valence-electron chi connectivity index (χ2n) is 7.29. The largest absolute Gasteiger partial charge is 0.486 e. The van der Waals surface area contributed by atoms with Gasteiger partial charge in [0.25, 0.3) is 0 Å². The van der Waals surface area contributed by atoms with Crippen molar-refractivity contribution in [2.45, 2.75) is 19.0 Å². The first kappa shape index (κ1) is 22.5. The number of aromatic nitrogens is 3. The fraction of sp³-hybridized carbons (Fsp3) is 0.167. The zero-order chi connectivity index (χ0) is 23.3. The maximum absolute atomic E-state index is 12.6. The molecule has 3 N–H and O–H groups in total. The summed E-state index contributed by atoms with van der Waals surface area (Å²) < 4.78 is 43.7. The van der Waals surface area contributed by atoms with Crippen LogP contribution in [0.3, 0.4) is 0 Å². The number of nitrogens with zero attached hydrogens (tertiary/aromatic N) is 2. The highest BCUT2D eigenvalue weighted by Gasteiger charge is 2.28. The van der Waals surface area contributed by atoms with Crippen LogP contribution in [0.15, 0.2) is 73.1 Å². The quantitative estimate of drug-likeness (QED) is 0.340. The van der Waals surface area contributed by atoms with Crippen molar-refractivity contribution in [2.75, 3.05) is 6.54 Å². The second-order valence-corrected chi connectivity index (χ2v) is 7.29. The summed E-state index contributed by atoms with van der Waals surface area (Å²) in [5, 5.41) is 12.6. The van der Waals surface area contributed by atoms with E-state index in [2.05, 4.69) is 20.3 Å². The maximum Gasteiger partial charge on any atom is 0.401 e. The van der Waals surface area contributed by atoms with Crippen molar-refractivity contribution in [3.8, 4) is 5.75 Å². The Balaban J connectivity index is 1.50. The lowest BCUT2D eigenvalue weighted by Crippen LogP contribution is -2.37. The highest BCUT2D eigenvalue weighted by Crippen LogP contribution is 2.25. The van der Waals surface area contributed by atoms with Crippen LogP contribution < -0.4 is 10.1 Å². The minimum absolute atomic E-state index is 0.226. The van der Waals surface area contributed by atoms with E-state index in [1.54, 1.807) is 54.9 Å². The topological polar surface area (TPSA) is 83.1 Å². The average Bonchev–Trinajstić information content (AvgIpc) is 3.23.